The van der Waals surface area contributed by atoms with Crippen LogP contribution in [0.15, 0.2) is 22.7 Å². The molecule has 0 fully saturated rings. The molecule has 0 aliphatic heterocycles. The van der Waals surface area contributed by atoms with Gasteiger partial charge in [0.2, 0.25) is 0 Å². The van der Waals surface area contributed by atoms with Gasteiger partial charge in [0, 0.05) is 6.07 Å². The number of halogens is 1. The van der Waals surface area contributed by atoms with E-state index >= 15 is 0 Å². The van der Waals surface area contributed by atoms with Gasteiger partial charge >= 0.3 is 5.97 Å². The van der Waals surface area contributed by atoms with Crippen molar-refractivity contribution in [1.29, 1.82) is 0 Å². The van der Waals surface area contributed by atoms with E-state index in [0.29, 0.717) is 0 Å². The minimum Gasteiger partial charge on any atom is -0.478 e. The Morgan fingerprint density at radius 2 is 2.18 bits per heavy atom. The summed E-state index contributed by atoms with van der Waals surface area (Å²) in [6.45, 7) is 1.50. The summed E-state index contributed by atoms with van der Waals surface area (Å²) in [5.41, 5.74) is -0.125. The second-order valence-corrected chi connectivity index (χ2v) is 3.92. The second-order valence-electron chi connectivity index (χ2n) is 3.13. The van der Waals surface area contributed by atoms with E-state index in [9.17, 15) is 14.9 Å². The van der Waals surface area contributed by atoms with Gasteiger partial charge in [-0.25, -0.2) is 4.79 Å². The highest BCUT2D eigenvalue weighted by atomic mass is 79.9. The van der Waals surface area contributed by atoms with Gasteiger partial charge in [0.1, 0.15) is 10.2 Å². The Morgan fingerprint density at radius 1 is 1.53 bits per heavy atom. The summed E-state index contributed by atoms with van der Waals surface area (Å²) in [7, 11) is 1.24. The van der Waals surface area contributed by atoms with Crippen molar-refractivity contribution in [2.24, 2.45) is 0 Å². The van der Waals surface area contributed by atoms with Crippen molar-refractivity contribution in [3.8, 4) is 5.75 Å². The lowest BCUT2D eigenvalue weighted by molar-refractivity contribution is -0.385. The smallest absolute Gasteiger partial charge is 0.346 e. The van der Waals surface area contributed by atoms with Crippen LogP contribution in [-0.4, -0.2) is 24.1 Å². The maximum Gasteiger partial charge on any atom is 0.346 e. The molecule has 7 heteroatoms. The van der Waals surface area contributed by atoms with Crippen LogP contribution in [0.4, 0.5) is 5.69 Å². The molecule has 1 rings (SSSR count). The Morgan fingerprint density at radius 3 is 2.71 bits per heavy atom. The number of carbonyl (C=O) groups is 1. The number of nitrogens with zero attached hydrogens (tertiary/aromatic N) is 1. The zero-order valence-corrected chi connectivity index (χ0v) is 10.8. The molecule has 17 heavy (non-hydrogen) atoms. The molecule has 0 saturated heterocycles. The second kappa shape index (κ2) is 5.62. The van der Waals surface area contributed by atoms with Crippen LogP contribution >= 0.6 is 15.9 Å². The van der Waals surface area contributed by atoms with Crippen molar-refractivity contribution in [2.75, 3.05) is 7.11 Å². The van der Waals surface area contributed by atoms with Crippen molar-refractivity contribution < 1.29 is 19.2 Å². The third-order valence-corrected chi connectivity index (χ3v) is 2.77. The van der Waals surface area contributed by atoms with E-state index in [2.05, 4.69) is 20.7 Å². The van der Waals surface area contributed by atoms with Gasteiger partial charge in [0.25, 0.3) is 5.69 Å². The van der Waals surface area contributed by atoms with E-state index in [4.69, 9.17) is 4.74 Å². The number of ether oxygens (including phenoxy) is 2. The van der Waals surface area contributed by atoms with Crippen LogP contribution in [0.5, 0.6) is 5.75 Å². The van der Waals surface area contributed by atoms with E-state index in [-0.39, 0.29) is 15.9 Å². The highest BCUT2D eigenvalue weighted by molar-refractivity contribution is 9.10. The zero-order chi connectivity index (χ0) is 13.0. The predicted octanol–water partition coefficient (Wildman–Crippen LogP) is 2.30. The van der Waals surface area contributed by atoms with Crippen LogP contribution in [0.2, 0.25) is 0 Å². The molecule has 0 radical (unpaired) electrons. The summed E-state index contributed by atoms with van der Waals surface area (Å²) in [5.74, 6) is -0.333. The molecular weight excluding hydrogens is 294 g/mol. The first-order chi connectivity index (χ1) is 7.97. The van der Waals surface area contributed by atoms with Crippen molar-refractivity contribution in [3.05, 3.63) is 32.8 Å². The number of hydrogen-bond acceptors (Lipinski definition) is 5. The fourth-order valence-electron chi connectivity index (χ4n) is 1.14. The molecule has 0 amide bonds. The van der Waals surface area contributed by atoms with E-state index in [1.54, 1.807) is 0 Å². The van der Waals surface area contributed by atoms with Gasteiger partial charge < -0.3 is 9.47 Å². The van der Waals surface area contributed by atoms with Crippen molar-refractivity contribution in [2.45, 2.75) is 13.0 Å². The van der Waals surface area contributed by atoms with Crippen LogP contribution in [0.1, 0.15) is 6.92 Å². The molecule has 0 N–H and O–H groups in total. The fourth-order valence-corrected chi connectivity index (χ4v) is 1.64. The van der Waals surface area contributed by atoms with Crippen LogP contribution in [-0.2, 0) is 9.53 Å². The molecule has 0 spiro atoms. The number of rotatable bonds is 4. The monoisotopic (exact) mass is 303 g/mol. The molecule has 0 heterocycles. The van der Waals surface area contributed by atoms with Crippen molar-refractivity contribution in [3.63, 3.8) is 0 Å². The van der Waals surface area contributed by atoms with Gasteiger partial charge in [-0.2, -0.15) is 0 Å². The summed E-state index contributed by atoms with van der Waals surface area (Å²) in [6, 6.07) is 4.33. The summed E-state index contributed by atoms with van der Waals surface area (Å²) in [6.07, 6.45) is -0.835. The van der Waals surface area contributed by atoms with Gasteiger partial charge in [-0.3, -0.25) is 10.1 Å². The Labute approximate surface area is 106 Å². The van der Waals surface area contributed by atoms with Gasteiger partial charge in [-0.05, 0) is 28.9 Å². The number of hydrogen-bond donors (Lipinski definition) is 0. The number of nitro groups is 1. The van der Waals surface area contributed by atoms with E-state index < -0.39 is 17.0 Å². The van der Waals surface area contributed by atoms with Crippen LogP contribution in [0, 0.1) is 10.1 Å². The molecule has 1 aromatic rings. The first kappa shape index (κ1) is 13.4. The third kappa shape index (κ3) is 3.16. The Kier molecular flexibility index (Phi) is 4.45. The molecule has 92 valence electrons. The first-order valence-electron chi connectivity index (χ1n) is 4.64. The topological polar surface area (TPSA) is 78.7 Å². The normalized spacial score (nSPS) is 11.7. The van der Waals surface area contributed by atoms with Crippen LogP contribution in [0.25, 0.3) is 0 Å². The maximum atomic E-state index is 11.1. The maximum absolute atomic E-state index is 11.1. The van der Waals surface area contributed by atoms with Gasteiger partial charge in [-0.15, -0.1) is 0 Å². The van der Waals surface area contributed by atoms with Gasteiger partial charge in [0.15, 0.2) is 6.10 Å². The van der Waals surface area contributed by atoms with Crippen LogP contribution in [0.3, 0.4) is 0 Å². The highest BCUT2D eigenvalue weighted by Gasteiger charge is 2.20. The average Bonchev–Trinajstić information content (AvgIpc) is 2.30. The predicted molar refractivity (Wildman–Crippen MR) is 62.9 cm³/mol. The first-order valence-corrected chi connectivity index (χ1v) is 5.44. The number of benzene rings is 1. The van der Waals surface area contributed by atoms with E-state index in [1.165, 1.54) is 32.2 Å². The number of methoxy groups -OCH3 is 1. The molecule has 6 nitrogen and oxygen atoms in total. The minimum atomic E-state index is -0.835. The molecule has 1 aromatic carbocycles. The number of esters is 1. The number of nitro benzene ring substituents is 1. The lowest BCUT2D eigenvalue weighted by atomic mass is 10.3. The average molecular weight is 304 g/mol. The molecule has 0 bridgehead atoms. The zero-order valence-electron chi connectivity index (χ0n) is 9.18. The number of carbonyl (C=O) groups excluding carboxylic acids is 1. The Balaban J connectivity index is 2.96. The third-order valence-electron chi connectivity index (χ3n) is 1.98. The molecule has 1 atom stereocenters. The quantitative estimate of drug-likeness (QED) is 0.484. The Hall–Kier alpha value is -1.63. The van der Waals surface area contributed by atoms with Crippen LogP contribution < -0.4 is 4.74 Å². The fraction of sp³-hybridized carbons (Fsp3) is 0.300. The van der Waals surface area contributed by atoms with Gasteiger partial charge in [0.05, 0.1) is 12.0 Å². The largest absolute Gasteiger partial charge is 0.478 e. The standard InChI is InChI=1S/C10H10BrNO5/c1-6(10(13)16-2)17-8-5-3-4-7(9(8)11)12(14)15/h3-6H,1-2H3. The SMILES string of the molecule is COC(=O)C(C)Oc1cccc([N+](=O)[O-])c1Br. The lowest BCUT2D eigenvalue weighted by Gasteiger charge is -2.13. The summed E-state index contributed by atoms with van der Waals surface area (Å²) in [5, 5.41) is 10.7. The van der Waals surface area contributed by atoms with E-state index in [0.717, 1.165) is 0 Å². The minimum absolute atomic E-state index is 0.125. The molecule has 0 aliphatic carbocycles. The summed E-state index contributed by atoms with van der Waals surface area (Å²) in [4.78, 5) is 21.3. The summed E-state index contributed by atoms with van der Waals surface area (Å²) < 4.78 is 9.95. The molecule has 0 saturated carbocycles. The molecule has 0 aromatic heterocycles. The lowest BCUT2D eigenvalue weighted by Crippen LogP contribution is -2.25. The molecule has 0 aliphatic rings. The highest BCUT2D eigenvalue weighted by Crippen LogP contribution is 2.34. The van der Waals surface area contributed by atoms with Crippen molar-refractivity contribution >= 4 is 27.6 Å². The molecular formula is C10H10BrNO5. The van der Waals surface area contributed by atoms with Gasteiger partial charge in [-0.1, -0.05) is 6.07 Å². The van der Waals surface area contributed by atoms with Crippen molar-refractivity contribution in [1.82, 2.24) is 0 Å². The summed E-state index contributed by atoms with van der Waals surface area (Å²) >= 11 is 3.06. The Bertz CT molecular complexity index is 448. The molecule has 1 unspecified atom stereocenters. The van der Waals surface area contributed by atoms with E-state index in [1.807, 2.05) is 0 Å².